The van der Waals surface area contributed by atoms with Crippen LogP contribution in [-0.4, -0.2) is 19.6 Å². The van der Waals surface area contributed by atoms with Gasteiger partial charge in [-0.2, -0.15) is 0 Å². The number of benzene rings is 1. The van der Waals surface area contributed by atoms with Crippen molar-refractivity contribution < 1.29 is 13.9 Å². The molecule has 5 nitrogen and oxygen atoms in total. The first-order chi connectivity index (χ1) is 9.61. The predicted molar refractivity (Wildman–Crippen MR) is 78.1 cm³/mol. The zero-order chi connectivity index (χ0) is 14.5. The van der Waals surface area contributed by atoms with Crippen molar-refractivity contribution in [3.8, 4) is 0 Å². The number of ether oxygens (including phenoxy) is 1. The van der Waals surface area contributed by atoms with Gasteiger partial charge in [0.15, 0.2) is 0 Å². The molecule has 1 aromatic carbocycles. The Morgan fingerprint density at radius 2 is 2.30 bits per heavy atom. The van der Waals surface area contributed by atoms with Crippen molar-refractivity contribution in [1.29, 1.82) is 0 Å². The molecule has 0 spiro atoms. The summed E-state index contributed by atoms with van der Waals surface area (Å²) in [6, 6.07) is 6.83. The molecule has 0 amide bonds. The maximum absolute atomic E-state index is 11.7. The van der Waals surface area contributed by atoms with E-state index in [9.17, 15) is 4.79 Å². The van der Waals surface area contributed by atoms with Crippen LogP contribution < -0.4 is 11.1 Å². The fraction of sp³-hybridized carbons (Fsp3) is 0.214. The highest BCUT2D eigenvalue weighted by molar-refractivity contribution is 6.34. The molecule has 0 aliphatic rings. The lowest BCUT2D eigenvalue weighted by Gasteiger charge is -2.13. The summed E-state index contributed by atoms with van der Waals surface area (Å²) in [6.07, 6.45) is 2.29. The number of halogens is 1. The largest absolute Gasteiger partial charge is 0.469 e. The highest BCUT2D eigenvalue weighted by Crippen LogP contribution is 2.29. The summed E-state index contributed by atoms with van der Waals surface area (Å²) in [5.41, 5.74) is 6.93. The Labute approximate surface area is 121 Å². The fourth-order valence-electron chi connectivity index (χ4n) is 1.84. The minimum Gasteiger partial charge on any atom is -0.469 e. The van der Waals surface area contributed by atoms with E-state index in [0.29, 0.717) is 34.9 Å². The normalized spacial score (nSPS) is 10.3. The minimum absolute atomic E-state index is 0.317. The smallest absolute Gasteiger partial charge is 0.340 e. The monoisotopic (exact) mass is 294 g/mol. The molecule has 1 heterocycles. The first kappa shape index (κ1) is 14.3. The van der Waals surface area contributed by atoms with Gasteiger partial charge in [-0.05, 0) is 24.3 Å². The zero-order valence-electron chi connectivity index (χ0n) is 11.0. The van der Waals surface area contributed by atoms with Crippen LogP contribution in [0.5, 0.6) is 0 Å². The summed E-state index contributed by atoms with van der Waals surface area (Å²) in [5, 5.41) is 3.49. The summed E-state index contributed by atoms with van der Waals surface area (Å²) in [6.45, 7) is 0.571. The van der Waals surface area contributed by atoms with Crippen molar-refractivity contribution in [2.24, 2.45) is 0 Å². The van der Waals surface area contributed by atoms with Crippen molar-refractivity contribution >= 4 is 28.9 Å². The fourth-order valence-corrected chi connectivity index (χ4v) is 2.14. The van der Waals surface area contributed by atoms with Crippen molar-refractivity contribution in [3.05, 3.63) is 46.9 Å². The van der Waals surface area contributed by atoms with Crippen LogP contribution in [-0.2, 0) is 11.2 Å². The third kappa shape index (κ3) is 3.24. The molecule has 0 radical (unpaired) electrons. The van der Waals surface area contributed by atoms with Crippen LogP contribution in [0, 0.1) is 0 Å². The van der Waals surface area contributed by atoms with E-state index in [2.05, 4.69) is 5.32 Å². The molecule has 106 valence electrons. The summed E-state index contributed by atoms with van der Waals surface area (Å²) >= 11 is 6.12. The lowest BCUT2D eigenvalue weighted by atomic mass is 10.1. The topological polar surface area (TPSA) is 77.5 Å². The van der Waals surface area contributed by atoms with Gasteiger partial charge in [-0.25, -0.2) is 4.79 Å². The van der Waals surface area contributed by atoms with Gasteiger partial charge in [-0.15, -0.1) is 0 Å². The Kier molecular flexibility index (Phi) is 4.53. The number of anilines is 2. The second-order valence-corrected chi connectivity index (χ2v) is 4.58. The number of carbonyl (C=O) groups excluding carboxylic acids is 1. The van der Waals surface area contributed by atoms with Crippen LogP contribution in [0.3, 0.4) is 0 Å². The molecular formula is C14H15ClN2O3. The van der Waals surface area contributed by atoms with Crippen molar-refractivity contribution in [3.63, 3.8) is 0 Å². The molecule has 1 aromatic heterocycles. The van der Waals surface area contributed by atoms with Crippen LogP contribution in [0.15, 0.2) is 34.9 Å². The Balaban J connectivity index is 2.15. The van der Waals surface area contributed by atoms with Gasteiger partial charge in [0, 0.05) is 18.7 Å². The van der Waals surface area contributed by atoms with Gasteiger partial charge in [0.25, 0.3) is 0 Å². The van der Waals surface area contributed by atoms with Crippen LogP contribution >= 0.6 is 11.6 Å². The number of rotatable bonds is 5. The predicted octanol–water partition coefficient (Wildman–Crippen LogP) is 2.96. The van der Waals surface area contributed by atoms with Gasteiger partial charge in [0.1, 0.15) is 5.76 Å². The number of methoxy groups -OCH3 is 1. The molecule has 20 heavy (non-hydrogen) atoms. The Morgan fingerprint density at radius 3 is 2.95 bits per heavy atom. The summed E-state index contributed by atoms with van der Waals surface area (Å²) in [7, 11) is 1.31. The number of furan rings is 1. The maximum atomic E-state index is 11.7. The van der Waals surface area contributed by atoms with E-state index in [1.54, 1.807) is 12.3 Å². The van der Waals surface area contributed by atoms with Crippen LogP contribution in [0.2, 0.25) is 5.02 Å². The van der Waals surface area contributed by atoms with Crippen LogP contribution in [0.25, 0.3) is 0 Å². The second-order valence-electron chi connectivity index (χ2n) is 4.17. The molecule has 0 atom stereocenters. The van der Waals surface area contributed by atoms with Crippen molar-refractivity contribution in [2.75, 3.05) is 24.7 Å². The van der Waals surface area contributed by atoms with E-state index >= 15 is 0 Å². The van der Waals surface area contributed by atoms with Gasteiger partial charge < -0.3 is 20.2 Å². The molecule has 0 aliphatic heterocycles. The number of esters is 1. The number of carbonyl (C=O) groups is 1. The molecule has 6 heteroatoms. The van der Waals surface area contributed by atoms with Gasteiger partial charge in [0.05, 0.1) is 29.6 Å². The number of hydrogen-bond donors (Lipinski definition) is 2. The van der Waals surface area contributed by atoms with Gasteiger partial charge >= 0.3 is 5.97 Å². The first-order valence-electron chi connectivity index (χ1n) is 6.05. The van der Waals surface area contributed by atoms with E-state index < -0.39 is 5.97 Å². The van der Waals surface area contributed by atoms with Crippen LogP contribution in [0.4, 0.5) is 11.4 Å². The zero-order valence-corrected chi connectivity index (χ0v) is 11.7. The van der Waals surface area contributed by atoms with E-state index in [1.807, 2.05) is 12.1 Å². The molecule has 0 bridgehead atoms. The molecule has 3 N–H and O–H groups in total. The number of nitrogens with one attached hydrogen (secondary N) is 1. The molecular weight excluding hydrogens is 280 g/mol. The maximum Gasteiger partial charge on any atom is 0.340 e. The van der Waals surface area contributed by atoms with Crippen LogP contribution in [0.1, 0.15) is 16.1 Å². The van der Waals surface area contributed by atoms with E-state index in [0.717, 1.165) is 5.76 Å². The van der Waals surface area contributed by atoms with Gasteiger partial charge in [-0.3, -0.25) is 0 Å². The second kappa shape index (κ2) is 6.34. The Bertz CT molecular complexity index is 597. The molecule has 0 unspecified atom stereocenters. The average Bonchev–Trinajstić information content (AvgIpc) is 2.93. The first-order valence-corrected chi connectivity index (χ1v) is 6.43. The number of nitrogen functional groups attached to an aromatic ring is 1. The molecule has 0 saturated heterocycles. The molecule has 0 saturated carbocycles. The standard InChI is InChI=1S/C14H15ClN2O3/c1-19-14(18)11-7-9(16)8-12(15)13(11)17-5-4-10-3-2-6-20-10/h2-3,6-8,17H,4-5,16H2,1H3. The third-order valence-electron chi connectivity index (χ3n) is 2.77. The summed E-state index contributed by atoms with van der Waals surface area (Å²) in [5.74, 6) is 0.364. The Hall–Kier alpha value is -2.14. The SMILES string of the molecule is COC(=O)c1cc(N)cc(Cl)c1NCCc1ccco1. The molecule has 2 rings (SSSR count). The van der Waals surface area contributed by atoms with E-state index in [4.69, 9.17) is 26.5 Å². The molecule has 0 aliphatic carbocycles. The molecule has 0 fully saturated rings. The van der Waals surface area contributed by atoms with E-state index in [1.165, 1.54) is 13.2 Å². The number of hydrogen-bond acceptors (Lipinski definition) is 5. The molecule has 2 aromatic rings. The number of nitrogens with two attached hydrogens (primary N) is 1. The van der Waals surface area contributed by atoms with Crippen molar-refractivity contribution in [1.82, 2.24) is 0 Å². The minimum atomic E-state index is -0.486. The lowest BCUT2D eigenvalue weighted by Crippen LogP contribution is -2.12. The van der Waals surface area contributed by atoms with Gasteiger partial charge in [-0.1, -0.05) is 11.6 Å². The van der Waals surface area contributed by atoms with Crippen molar-refractivity contribution in [2.45, 2.75) is 6.42 Å². The lowest BCUT2D eigenvalue weighted by molar-refractivity contribution is 0.0602. The highest BCUT2D eigenvalue weighted by Gasteiger charge is 2.16. The van der Waals surface area contributed by atoms with Gasteiger partial charge in [0.2, 0.25) is 0 Å². The summed E-state index contributed by atoms with van der Waals surface area (Å²) in [4.78, 5) is 11.7. The third-order valence-corrected chi connectivity index (χ3v) is 3.07. The Morgan fingerprint density at radius 1 is 1.50 bits per heavy atom. The van der Waals surface area contributed by atoms with E-state index in [-0.39, 0.29) is 0 Å². The highest BCUT2D eigenvalue weighted by atomic mass is 35.5. The quantitative estimate of drug-likeness (QED) is 0.655. The average molecular weight is 295 g/mol. The summed E-state index contributed by atoms with van der Waals surface area (Å²) < 4.78 is 9.96.